The van der Waals surface area contributed by atoms with Gasteiger partial charge in [0, 0.05) is 9.79 Å². The first-order valence-corrected chi connectivity index (χ1v) is 11.8. The maximum Gasteiger partial charge on any atom is 0.416 e. The molecule has 1 unspecified atom stereocenters. The first kappa shape index (κ1) is 23.0. The number of anilines is 2. The van der Waals surface area contributed by atoms with Crippen LogP contribution in [0.5, 0.6) is 0 Å². The summed E-state index contributed by atoms with van der Waals surface area (Å²) in [5.74, 6) is -0.368. The zero-order valence-electron chi connectivity index (χ0n) is 18.1. The molecule has 3 aliphatic rings. The number of piperidine rings is 1. The fraction of sp³-hybridized carbons (Fsp3) is 0.391. The molecular weight excluding hydrogens is 469 g/mol. The Morgan fingerprint density at radius 2 is 1.68 bits per heavy atom. The van der Waals surface area contributed by atoms with E-state index in [-0.39, 0.29) is 19.0 Å². The Morgan fingerprint density at radius 3 is 2.41 bits per heavy atom. The molecule has 1 spiro atoms. The van der Waals surface area contributed by atoms with Crippen LogP contribution in [0.25, 0.3) is 0 Å². The summed E-state index contributed by atoms with van der Waals surface area (Å²) in [6.07, 6.45) is -4.75. The van der Waals surface area contributed by atoms with Gasteiger partial charge in [-0.05, 0) is 56.3 Å². The number of aliphatic hydroxyl groups excluding tert-OH is 1. The molecule has 2 aromatic carbocycles. The van der Waals surface area contributed by atoms with Crippen molar-refractivity contribution in [3.8, 4) is 0 Å². The summed E-state index contributed by atoms with van der Waals surface area (Å²) in [5.41, 5.74) is -0.757. The zero-order chi connectivity index (χ0) is 24.1. The summed E-state index contributed by atoms with van der Waals surface area (Å²) < 4.78 is 40.2. The molecule has 2 saturated heterocycles. The van der Waals surface area contributed by atoms with Crippen molar-refractivity contribution in [1.82, 2.24) is 15.5 Å². The minimum absolute atomic E-state index is 0.0858. The molecule has 0 aliphatic carbocycles. The first-order valence-electron chi connectivity index (χ1n) is 11.0. The van der Waals surface area contributed by atoms with Crippen LogP contribution in [0.2, 0.25) is 0 Å². The van der Waals surface area contributed by atoms with Gasteiger partial charge in [0.15, 0.2) is 0 Å². The van der Waals surface area contributed by atoms with E-state index in [4.69, 9.17) is 0 Å². The van der Waals surface area contributed by atoms with Crippen molar-refractivity contribution in [2.75, 3.05) is 31.1 Å². The number of hydrogen-bond acceptors (Lipinski definition) is 6. The number of rotatable bonds is 4. The van der Waals surface area contributed by atoms with Crippen LogP contribution in [0.15, 0.2) is 52.3 Å². The second-order valence-corrected chi connectivity index (χ2v) is 9.78. The second kappa shape index (κ2) is 8.47. The van der Waals surface area contributed by atoms with Gasteiger partial charge in [-0.25, -0.2) is 4.79 Å². The van der Waals surface area contributed by atoms with Gasteiger partial charge in [0.1, 0.15) is 5.54 Å². The van der Waals surface area contributed by atoms with Crippen molar-refractivity contribution >= 4 is 35.1 Å². The lowest BCUT2D eigenvalue weighted by Gasteiger charge is -2.35. The molecular formula is C23H23F3N4O3S. The molecule has 2 fully saturated rings. The highest BCUT2D eigenvalue weighted by Crippen LogP contribution is 2.49. The summed E-state index contributed by atoms with van der Waals surface area (Å²) in [5, 5.41) is 16.8. The summed E-state index contributed by atoms with van der Waals surface area (Å²) in [7, 11) is 0. The molecule has 0 aromatic heterocycles. The molecule has 7 nitrogen and oxygen atoms in total. The number of aliphatic hydroxyl groups is 1. The summed E-state index contributed by atoms with van der Waals surface area (Å²) in [6.45, 7) is 0.864. The second-order valence-electron chi connectivity index (χ2n) is 8.69. The topological polar surface area (TPSA) is 84.9 Å². The third-order valence-corrected chi connectivity index (χ3v) is 7.57. The number of para-hydroxylation sites is 1. The van der Waals surface area contributed by atoms with E-state index < -0.39 is 29.4 Å². The Balaban J connectivity index is 1.41. The number of β-amino-alcohol motifs (C(OH)–C–C–N with tert-alkyl or cyclic N) is 1. The maximum absolute atomic E-state index is 13.4. The van der Waals surface area contributed by atoms with E-state index in [0.29, 0.717) is 42.2 Å². The number of benzene rings is 2. The van der Waals surface area contributed by atoms with Crippen LogP contribution in [0.1, 0.15) is 18.4 Å². The number of alkyl halides is 3. The molecule has 34 heavy (non-hydrogen) atoms. The predicted octanol–water partition coefficient (Wildman–Crippen LogP) is 3.34. The van der Waals surface area contributed by atoms with E-state index >= 15 is 0 Å². The lowest BCUT2D eigenvalue weighted by Crippen LogP contribution is -2.54. The fourth-order valence-corrected chi connectivity index (χ4v) is 5.79. The molecule has 180 valence electrons. The SMILES string of the molecule is O=C1NC2(CCNCC2)C(=O)N1CC(O)CN1c2ccccc2Sc2ccc(C(F)(F)F)cc21. The maximum atomic E-state index is 13.4. The van der Waals surface area contributed by atoms with Gasteiger partial charge in [-0.2, -0.15) is 13.2 Å². The van der Waals surface area contributed by atoms with Gasteiger partial charge >= 0.3 is 12.2 Å². The number of carbonyl (C=O) groups excluding carboxylic acids is 2. The van der Waals surface area contributed by atoms with E-state index in [1.165, 1.54) is 17.8 Å². The number of nitrogens with one attached hydrogen (secondary N) is 2. The van der Waals surface area contributed by atoms with Gasteiger partial charge < -0.3 is 20.6 Å². The van der Waals surface area contributed by atoms with Gasteiger partial charge in [0.25, 0.3) is 5.91 Å². The zero-order valence-corrected chi connectivity index (χ0v) is 18.9. The van der Waals surface area contributed by atoms with Gasteiger partial charge in [-0.1, -0.05) is 23.9 Å². The van der Waals surface area contributed by atoms with Crippen molar-refractivity contribution in [1.29, 1.82) is 0 Å². The molecule has 3 heterocycles. The number of urea groups is 1. The molecule has 2 aromatic rings. The van der Waals surface area contributed by atoms with Crippen molar-refractivity contribution in [2.24, 2.45) is 0 Å². The number of halogens is 3. The summed E-state index contributed by atoms with van der Waals surface area (Å²) in [4.78, 5) is 29.7. The predicted molar refractivity (Wildman–Crippen MR) is 120 cm³/mol. The lowest BCUT2D eigenvalue weighted by atomic mass is 9.88. The van der Waals surface area contributed by atoms with E-state index in [0.717, 1.165) is 21.9 Å². The van der Waals surface area contributed by atoms with Crippen LogP contribution >= 0.6 is 11.8 Å². The summed E-state index contributed by atoms with van der Waals surface area (Å²) in [6, 6.07) is 10.2. The van der Waals surface area contributed by atoms with E-state index in [9.17, 15) is 27.9 Å². The quantitative estimate of drug-likeness (QED) is 0.568. The highest BCUT2D eigenvalue weighted by molar-refractivity contribution is 7.99. The third kappa shape index (κ3) is 4.01. The number of nitrogens with zero attached hydrogens (tertiary/aromatic N) is 2. The molecule has 5 rings (SSSR count). The first-order chi connectivity index (χ1) is 16.2. The highest BCUT2D eigenvalue weighted by atomic mass is 32.2. The minimum atomic E-state index is -4.51. The van der Waals surface area contributed by atoms with Gasteiger partial charge in [-0.15, -0.1) is 0 Å². The summed E-state index contributed by atoms with van der Waals surface area (Å²) >= 11 is 1.36. The molecule has 11 heteroatoms. The molecule has 3 amide bonds. The lowest BCUT2D eigenvalue weighted by molar-refractivity contribution is -0.137. The van der Waals surface area contributed by atoms with Gasteiger partial charge in [0.2, 0.25) is 0 Å². The van der Waals surface area contributed by atoms with Crippen LogP contribution in [0.4, 0.5) is 29.3 Å². The van der Waals surface area contributed by atoms with Crippen molar-refractivity contribution in [3.63, 3.8) is 0 Å². The molecule has 3 N–H and O–H groups in total. The average Bonchev–Trinajstić information content (AvgIpc) is 3.02. The number of hydrogen-bond donors (Lipinski definition) is 3. The van der Waals surface area contributed by atoms with Crippen LogP contribution in [0.3, 0.4) is 0 Å². The molecule has 3 aliphatic heterocycles. The standard InChI is InChI=1S/C23H23F3N4O3S/c24-23(25,26)14-5-6-19-17(11-14)29(16-3-1-2-4-18(16)34-19)12-15(31)13-30-20(32)22(28-21(30)33)7-9-27-10-8-22/h1-6,11,15,27,31H,7-10,12-13H2,(H,28,33). The smallest absolute Gasteiger partial charge is 0.389 e. The number of imide groups is 1. The monoisotopic (exact) mass is 492 g/mol. The van der Waals surface area contributed by atoms with E-state index in [1.54, 1.807) is 17.0 Å². The Morgan fingerprint density at radius 1 is 1.00 bits per heavy atom. The third-order valence-electron chi connectivity index (χ3n) is 6.44. The van der Waals surface area contributed by atoms with Crippen molar-refractivity contribution in [3.05, 3.63) is 48.0 Å². The molecule has 0 saturated carbocycles. The Bertz CT molecular complexity index is 1140. The highest BCUT2D eigenvalue weighted by Gasteiger charge is 2.51. The largest absolute Gasteiger partial charge is 0.416 e. The van der Waals surface area contributed by atoms with Crippen molar-refractivity contribution in [2.45, 2.75) is 40.5 Å². The van der Waals surface area contributed by atoms with Crippen LogP contribution in [0, 0.1) is 0 Å². The fourth-order valence-electron chi connectivity index (χ4n) is 4.72. The van der Waals surface area contributed by atoms with Crippen LogP contribution in [-0.2, 0) is 11.0 Å². The molecule has 0 radical (unpaired) electrons. The average molecular weight is 493 g/mol. The minimum Gasteiger partial charge on any atom is -0.389 e. The Labute approximate surface area is 198 Å². The number of amides is 3. The van der Waals surface area contributed by atoms with Crippen LogP contribution < -0.4 is 15.5 Å². The van der Waals surface area contributed by atoms with Gasteiger partial charge in [-0.3, -0.25) is 9.69 Å². The van der Waals surface area contributed by atoms with Gasteiger partial charge in [0.05, 0.1) is 36.1 Å². The van der Waals surface area contributed by atoms with E-state index in [2.05, 4.69) is 10.6 Å². The van der Waals surface area contributed by atoms with Crippen LogP contribution in [-0.4, -0.2) is 59.8 Å². The Hall–Kier alpha value is -2.76. The molecule has 1 atom stereocenters. The normalized spacial score (nSPS) is 20.2. The van der Waals surface area contributed by atoms with Crippen molar-refractivity contribution < 1.29 is 27.9 Å². The Kier molecular flexibility index (Phi) is 5.73. The number of carbonyl (C=O) groups is 2. The van der Waals surface area contributed by atoms with E-state index in [1.807, 2.05) is 12.1 Å². The molecule has 0 bridgehead atoms. The number of fused-ring (bicyclic) bond motifs is 2.